The molecule has 0 saturated carbocycles. The van der Waals surface area contributed by atoms with Crippen LogP contribution in [0.2, 0.25) is 0 Å². The second-order valence-electron chi connectivity index (χ2n) is 4.06. The zero-order chi connectivity index (χ0) is 11.5. The molecule has 0 aliphatic heterocycles. The summed E-state index contributed by atoms with van der Waals surface area (Å²) in [6.07, 6.45) is 1.97. The minimum absolute atomic E-state index is 0.786. The summed E-state index contributed by atoms with van der Waals surface area (Å²) in [5.74, 6) is 0.786. The molecule has 2 rings (SSSR count). The molecule has 1 heterocycles. The van der Waals surface area contributed by atoms with E-state index >= 15 is 0 Å². The minimum Gasteiger partial charge on any atom is -0.384 e. The molecule has 84 valence electrons. The van der Waals surface area contributed by atoms with E-state index in [1.165, 1.54) is 11.1 Å². The predicted molar refractivity (Wildman–Crippen MR) is 66.2 cm³/mol. The van der Waals surface area contributed by atoms with Gasteiger partial charge in [-0.25, -0.2) is 0 Å². The summed E-state index contributed by atoms with van der Waals surface area (Å²) in [7, 11) is 1.88. The summed E-state index contributed by atoms with van der Waals surface area (Å²) in [5, 5.41) is 4.31. The third-order valence-electron chi connectivity index (χ3n) is 2.90. The van der Waals surface area contributed by atoms with Gasteiger partial charge in [-0.15, -0.1) is 0 Å². The molecule has 0 saturated heterocycles. The van der Waals surface area contributed by atoms with Gasteiger partial charge in [0.2, 0.25) is 0 Å². The van der Waals surface area contributed by atoms with Crippen molar-refractivity contribution in [1.82, 2.24) is 9.78 Å². The van der Waals surface area contributed by atoms with Crippen molar-refractivity contribution < 1.29 is 0 Å². The summed E-state index contributed by atoms with van der Waals surface area (Å²) in [4.78, 5) is 0. The van der Waals surface area contributed by atoms with Gasteiger partial charge in [-0.05, 0) is 25.3 Å². The maximum atomic E-state index is 5.97. The monoisotopic (exact) mass is 215 g/mol. The molecule has 2 aromatic rings. The summed E-state index contributed by atoms with van der Waals surface area (Å²) in [6.45, 7) is 2.01. The van der Waals surface area contributed by atoms with E-state index in [-0.39, 0.29) is 0 Å². The highest BCUT2D eigenvalue weighted by Gasteiger charge is 2.09. The van der Waals surface area contributed by atoms with E-state index in [0.717, 1.165) is 24.4 Å². The van der Waals surface area contributed by atoms with Crippen molar-refractivity contribution in [2.24, 2.45) is 7.05 Å². The van der Waals surface area contributed by atoms with E-state index in [0.29, 0.717) is 0 Å². The molecule has 0 unspecified atom stereocenters. The number of hydrogen-bond acceptors (Lipinski definition) is 2. The SMILES string of the molecule is Cc1nn(C)c(N)c1CCc1ccccc1. The second kappa shape index (κ2) is 4.39. The van der Waals surface area contributed by atoms with Crippen LogP contribution in [0.5, 0.6) is 0 Å². The number of aryl methyl sites for hydroxylation is 3. The standard InChI is InChI=1S/C13H17N3/c1-10-12(13(14)16(2)15-10)9-8-11-6-4-3-5-7-11/h3-7H,8-9,14H2,1-2H3. The van der Waals surface area contributed by atoms with Gasteiger partial charge in [0.25, 0.3) is 0 Å². The van der Waals surface area contributed by atoms with E-state index in [1.54, 1.807) is 4.68 Å². The van der Waals surface area contributed by atoms with Crippen molar-refractivity contribution in [3.8, 4) is 0 Å². The van der Waals surface area contributed by atoms with Gasteiger partial charge in [0.15, 0.2) is 0 Å². The number of nitrogens with two attached hydrogens (primary N) is 1. The molecule has 1 aromatic heterocycles. The highest BCUT2D eigenvalue weighted by Crippen LogP contribution is 2.17. The van der Waals surface area contributed by atoms with Crippen LogP contribution in [0.4, 0.5) is 5.82 Å². The lowest BCUT2D eigenvalue weighted by Crippen LogP contribution is -2.00. The van der Waals surface area contributed by atoms with Crippen LogP contribution in [0.15, 0.2) is 30.3 Å². The molecule has 0 radical (unpaired) electrons. The molecular weight excluding hydrogens is 198 g/mol. The van der Waals surface area contributed by atoms with Crippen molar-refractivity contribution in [2.45, 2.75) is 19.8 Å². The summed E-state index contributed by atoms with van der Waals surface area (Å²) in [6, 6.07) is 10.4. The average molecular weight is 215 g/mol. The summed E-state index contributed by atoms with van der Waals surface area (Å²) >= 11 is 0. The Morgan fingerprint density at radius 3 is 2.44 bits per heavy atom. The molecule has 0 amide bonds. The van der Waals surface area contributed by atoms with Crippen LogP contribution >= 0.6 is 0 Å². The summed E-state index contributed by atoms with van der Waals surface area (Å²) in [5.41, 5.74) is 9.52. The molecule has 3 heteroatoms. The van der Waals surface area contributed by atoms with Crippen molar-refractivity contribution in [3.63, 3.8) is 0 Å². The molecule has 16 heavy (non-hydrogen) atoms. The van der Waals surface area contributed by atoms with Gasteiger partial charge in [-0.1, -0.05) is 30.3 Å². The van der Waals surface area contributed by atoms with Crippen molar-refractivity contribution in [3.05, 3.63) is 47.2 Å². The van der Waals surface area contributed by atoms with Gasteiger partial charge in [0.05, 0.1) is 5.69 Å². The van der Waals surface area contributed by atoms with E-state index in [2.05, 4.69) is 29.4 Å². The predicted octanol–water partition coefficient (Wildman–Crippen LogP) is 2.10. The first-order valence-corrected chi connectivity index (χ1v) is 5.50. The zero-order valence-corrected chi connectivity index (χ0v) is 9.77. The van der Waals surface area contributed by atoms with Gasteiger partial charge in [0.1, 0.15) is 5.82 Å². The fourth-order valence-electron chi connectivity index (χ4n) is 1.94. The minimum atomic E-state index is 0.786. The molecular formula is C13H17N3. The third kappa shape index (κ3) is 2.08. The average Bonchev–Trinajstić information content (AvgIpc) is 2.53. The van der Waals surface area contributed by atoms with Gasteiger partial charge in [-0.3, -0.25) is 4.68 Å². The quantitative estimate of drug-likeness (QED) is 0.852. The number of aromatic nitrogens is 2. The fraction of sp³-hybridized carbons (Fsp3) is 0.308. The Labute approximate surface area is 95.9 Å². The molecule has 0 bridgehead atoms. The number of rotatable bonds is 3. The molecule has 2 N–H and O–H groups in total. The fourth-order valence-corrected chi connectivity index (χ4v) is 1.94. The largest absolute Gasteiger partial charge is 0.384 e. The van der Waals surface area contributed by atoms with Crippen LogP contribution in [-0.4, -0.2) is 9.78 Å². The smallest absolute Gasteiger partial charge is 0.124 e. The Balaban J connectivity index is 2.11. The number of benzene rings is 1. The van der Waals surface area contributed by atoms with Gasteiger partial charge in [0, 0.05) is 12.6 Å². The number of nitrogen functional groups attached to an aromatic ring is 1. The van der Waals surface area contributed by atoms with Crippen molar-refractivity contribution >= 4 is 5.82 Å². The maximum absolute atomic E-state index is 5.97. The van der Waals surface area contributed by atoms with Crippen LogP contribution in [-0.2, 0) is 19.9 Å². The number of hydrogen-bond donors (Lipinski definition) is 1. The molecule has 3 nitrogen and oxygen atoms in total. The van der Waals surface area contributed by atoms with Crippen LogP contribution in [0, 0.1) is 6.92 Å². The lowest BCUT2D eigenvalue weighted by Gasteiger charge is -2.02. The number of anilines is 1. The topological polar surface area (TPSA) is 43.8 Å². The highest BCUT2D eigenvalue weighted by molar-refractivity contribution is 5.43. The molecule has 0 fully saturated rings. The van der Waals surface area contributed by atoms with Crippen LogP contribution in [0.25, 0.3) is 0 Å². The van der Waals surface area contributed by atoms with Crippen molar-refractivity contribution in [1.29, 1.82) is 0 Å². The van der Waals surface area contributed by atoms with Crippen LogP contribution < -0.4 is 5.73 Å². The highest BCUT2D eigenvalue weighted by atomic mass is 15.3. The Morgan fingerprint density at radius 1 is 1.19 bits per heavy atom. The normalized spacial score (nSPS) is 10.6. The first-order chi connectivity index (χ1) is 7.68. The molecule has 0 spiro atoms. The van der Waals surface area contributed by atoms with Crippen molar-refractivity contribution in [2.75, 3.05) is 5.73 Å². The molecule has 0 aliphatic rings. The Morgan fingerprint density at radius 2 is 1.88 bits per heavy atom. The van der Waals surface area contributed by atoms with Gasteiger partial charge >= 0.3 is 0 Å². The van der Waals surface area contributed by atoms with E-state index < -0.39 is 0 Å². The molecule has 1 aromatic carbocycles. The summed E-state index contributed by atoms with van der Waals surface area (Å²) < 4.78 is 1.75. The van der Waals surface area contributed by atoms with E-state index in [1.807, 2.05) is 20.0 Å². The third-order valence-corrected chi connectivity index (χ3v) is 2.90. The van der Waals surface area contributed by atoms with Gasteiger partial charge in [-0.2, -0.15) is 5.10 Å². The number of nitrogens with zero attached hydrogens (tertiary/aromatic N) is 2. The maximum Gasteiger partial charge on any atom is 0.124 e. The first-order valence-electron chi connectivity index (χ1n) is 5.50. The van der Waals surface area contributed by atoms with E-state index in [9.17, 15) is 0 Å². The first kappa shape index (κ1) is 10.7. The Hall–Kier alpha value is -1.77. The van der Waals surface area contributed by atoms with Crippen LogP contribution in [0.3, 0.4) is 0 Å². The van der Waals surface area contributed by atoms with Gasteiger partial charge < -0.3 is 5.73 Å². The van der Waals surface area contributed by atoms with Crippen LogP contribution in [0.1, 0.15) is 16.8 Å². The Kier molecular flexibility index (Phi) is 2.95. The lowest BCUT2D eigenvalue weighted by atomic mass is 10.0. The molecule has 0 aliphatic carbocycles. The second-order valence-corrected chi connectivity index (χ2v) is 4.06. The zero-order valence-electron chi connectivity index (χ0n) is 9.77. The molecule has 0 atom stereocenters. The van der Waals surface area contributed by atoms with E-state index in [4.69, 9.17) is 5.73 Å². The Bertz CT molecular complexity index is 471. The lowest BCUT2D eigenvalue weighted by molar-refractivity contribution is 0.767.